The summed E-state index contributed by atoms with van der Waals surface area (Å²) < 4.78 is 38.1. The number of sulfonamides is 1. The fraction of sp³-hybridized carbons (Fsp3) is 0.316. The molecular weight excluding hydrogens is 382 g/mol. The summed E-state index contributed by atoms with van der Waals surface area (Å²) in [5.41, 5.74) is 0.980. The van der Waals surface area contributed by atoms with Crippen molar-refractivity contribution < 1.29 is 22.7 Å². The number of hydrogen-bond donors (Lipinski definition) is 3. The van der Waals surface area contributed by atoms with Gasteiger partial charge in [-0.3, -0.25) is 0 Å². The third kappa shape index (κ3) is 5.37. The van der Waals surface area contributed by atoms with Crippen molar-refractivity contribution in [3.8, 4) is 11.5 Å². The molecule has 1 atom stereocenters. The molecule has 28 heavy (non-hydrogen) atoms. The minimum absolute atomic E-state index is 0.0834. The lowest BCUT2D eigenvalue weighted by molar-refractivity contribution is 0.0918. The number of aryl methyl sites for hydroxylation is 1. The van der Waals surface area contributed by atoms with Crippen molar-refractivity contribution >= 4 is 16.1 Å². The molecule has 0 saturated carbocycles. The fourth-order valence-electron chi connectivity index (χ4n) is 2.59. The first-order valence-electron chi connectivity index (χ1n) is 8.90. The lowest BCUT2D eigenvalue weighted by Gasteiger charge is -2.26. The Kier molecular flexibility index (Phi) is 6.37. The van der Waals surface area contributed by atoms with Crippen LogP contribution in [0, 0.1) is 6.92 Å². The van der Waals surface area contributed by atoms with Gasteiger partial charge in [-0.15, -0.1) is 0 Å². The number of nitrogens with one attached hydrogen (secondary N) is 3. The molecule has 0 fully saturated rings. The highest BCUT2D eigenvalue weighted by Gasteiger charge is 2.21. The number of ether oxygens (including phenoxy) is 2. The number of amides is 2. The Bertz CT molecular complexity index is 915. The first-order chi connectivity index (χ1) is 13.4. The molecule has 1 aliphatic heterocycles. The maximum Gasteiger partial charge on any atom is 0.314 e. The van der Waals surface area contributed by atoms with Crippen LogP contribution in [-0.4, -0.2) is 46.8 Å². The summed E-state index contributed by atoms with van der Waals surface area (Å²) in [6, 6.07) is 13.5. The van der Waals surface area contributed by atoms with E-state index in [2.05, 4.69) is 15.4 Å². The predicted molar refractivity (Wildman–Crippen MR) is 104 cm³/mol. The molecule has 2 amide bonds. The number of para-hydroxylation sites is 2. The van der Waals surface area contributed by atoms with Crippen molar-refractivity contribution in [1.82, 2.24) is 15.4 Å². The van der Waals surface area contributed by atoms with Gasteiger partial charge in [0.15, 0.2) is 17.6 Å². The monoisotopic (exact) mass is 405 g/mol. The highest BCUT2D eigenvalue weighted by Crippen LogP contribution is 2.30. The number of carbonyl (C=O) groups is 1. The molecule has 0 bridgehead atoms. The second-order valence-electron chi connectivity index (χ2n) is 6.35. The Morgan fingerprint density at radius 2 is 1.75 bits per heavy atom. The van der Waals surface area contributed by atoms with E-state index in [-0.39, 0.29) is 30.6 Å². The van der Waals surface area contributed by atoms with Crippen molar-refractivity contribution in [2.24, 2.45) is 0 Å². The van der Waals surface area contributed by atoms with Gasteiger partial charge in [0.1, 0.15) is 6.61 Å². The molecule has 1 heterocycles. The predicted octanol–water partition coefficient (Wildman–Crippen LogP) is 1.41. The van der Waals surface area contributed by atoms with E-state index < -0.39 is 16.1 Å². The van der Waals surface area contributed by atoms with Crippen LogP contribution in [0.2, 0.25) is 0 Å². The van der Waals surface area contributed by atoms with E-state index in [4.69, 9.17) is 9.47 Å². The molecule has 1 aliphatic rings. The number of fused-ring (bicyclic) bond motifs is 1. The molecule has 0 aliphatic carbocycles. The normalized spacial score (nSPS) is 15.7. The molecule has 1 unspecified atom stereocenters. The van der Waals surface area contributed by atoms with Crippen LogP contribution in [-0.2, 0) is 10.0 Å². The molecule has 0 aromatic heterocycles. The summed E-state index contributed by atoms with van der Waals surface area (Å²) >= 11 is 0. The van der Waals surface area contributed by atoms with E-state index in [9.17, 15) is 13.2 Å². The molecule has 9 heteroatoms. The van der Waals surface area contributed by atoms with Crippen LogP contribution in [0.3, 0.4) is 0 Å². The standard InChI is InChI=1S/C19H23N3O5S/c1-14-6-8-16(9-7-14)28(24,25)22-11-10-20-19(23)21-12-15-13-26-17-4-2-3-5-18(17)27-15/h2-9,15,22H,10-13H2,1H3,(H2,20,21,23). The molecule has 2 aromatic carbocycles. The van der Waals surface area contributed by atoms with Gasteiger partial charge in [-0.25, -0.2) is 17.9 Å². The van der Waals surface area contributed by atoms with Crippen molar-refractivity contribution in [2.75, 3.05) is 26.2 Å². The van der Waals surface area contributed by atoms with Gasteiger partial charge in [0.05, 0.1) is 11.4 Å². The third-order valence-corrected chi connectivity index (χ3v) is 5.57. The molecule has 0 spiro atoms. The van der Waals surface area contributed by atoms with Gasteiger partial charge >= 0.3 is 6.03 Å². The third-order valence-electron chi connectivity index (χ3n) is 4.09. The van der Waals surface area contributed by atoms with Crippen LogP contribution in [0.4, 0.5) is 4.79 Å². The second kappa shape index (κ2) is 8.94. The van der Waals surface area contributed by atoms with E-state index in [1.165, 1.54) is 0 Å². The lowest BCUT2D eigenvalue weighted by Crippen LogP contribution is -2.46. The second-order valence-corrected chi connectivity index (χ2v) is 8.11. The minimum Gasteiger partial charge on any atom is -0.486 e. The van der Waals surface area contributed by atoms with E-state index in [1.807, 2.05) is 31.2 Å². The SMILES string of the molecule is Cc1ccc(S(=O)(=O)NCCNC(=O)NCC2COc3ccccc3O2)cc1. The first kappa shape index (κ1) is 20.0. The van der Waals surface area contributed by atoms with E-state index in [1.54, 1.807) is 24.3 Å². The van der Waals surface area contributed by atoms with Gasteiger partial charge in [-0.1, -0.05) is 29.8 Å². The Morgan fingerprint density at radius 1 is 1.04 bits per heavy atom. The van der Waals surface area contributed by atoms with Gasteiger partial charge in [0.2, 0.25) is 10.0 Å². The molecular formula is C19H23N3O5S. The molecule has 150 valence electrons. The maximum atomic E-state index is 12.2. The molecule has 3 N–H and O–H groups in total. The van der Waals surface area contributed by atoms with Crippen LogP contribution in [0.5, 0.6) is 11.5 Å². The van der Waals surface area contributed by atoms with Crippen LogP contribution >= 0.6 is 0 Å². The highest BCUT2D eigenvalue weighted by atomic mass is 32.2. The molecule has 3 rings (SSSR count). The highest BCUT2D eigenvalue weighted by molar-refractivity contribution is 7.89. The Morgan fingerprint density at radius 3 is 2.50 bits per heavy atom. The quantitative estimate of drug-likeness (QED) is 0.604. The summed E-state index contributed by atoms with van der Waals surface area (Å²) in [6.45, 7) is 2.74. The van der Waals surface area contributed by atoms with Crippen molar-refractivity contribution in [1.29, 1.82) is 0 Å². The van der Waals surface area contributed by atoms with Gasteiger partial charge in [0.25, 0.3) is 0 Å². The Labute approximate surface area is 164 Å². The van der Waals surface area contributed by atoms with Crippen LogP contribution < -0.4 is 24.8 Å². The average molecular weight is 405 g/mol. The van der Waals surface area contributed by atoms with Gasteiger partial charge in [0, 0.05) is 13.1 Å². The Hall–Kier alpha value is -2.78. The lowest BCUT2D eigenvalue weighted by atomic mass is 10.2. The zero-order valence-electron chi connectivity index (χ0n) is 15.5. The molecule has 8 nitrogen and oxygen atoms in total. The van der Waals surface area contributed by atoms with Crippen molar-refractivity contribution in [3.05, 3.63) is 54.1 Å². The van der Waals surface area contributed by atoms with Gasteiger partial charge in [-0.05, 0) is 31.2 Å². The largest absolute Gasteiger partial charge is 0.486 e. The Balaban J connectivity index is 1.35. The van der Waals surface area contributed by atoms with Gasteiger partial charge in [-0.2, -0.15) is 0 Å². The molecule has 2 aromatic rings. The summed E-state index contributed by atoms with van der Waals surface area (Å²) in [5, 5.41) is 5.29. The van der Waals surface area contributed by atoms with E-state index >= 15 is 0 Å². The summed E-state index contributed by atoms with van der Waals surface area (Å²) in [6.07, 6.45) is -0.291. The number of carbonyl (C=O) groups excluding carboxylic acids is 1. The van der Waals surface area contributed by atoms with Crippen molar-refractivity contribution in [2.45, 2.75) is 17.9 Å². The van der Waals surface area contributed by atoms with Crippen LogP contribution in [0.1, 0.15) is 5.56 Å². The summed E-state index contributed by atoms with van der Waals surface area (Å²) in [7, 11) is -3.59. The summed E-state index contributed by atoms with van der Waals surface area (Å²) in [5.74, 6) is 1.33. The topological polar surface area (TPSA) is 106 Å². The van der Waals surface area contributed by atoms with E-state index in [0.717, 1.165) is 5.56 Å². The zero-order valence-corrected chi connectivity index (χ0v) is 16.3. The number of rotatable bonds is 7. The van der Waals surface area contributed by atoms with E-state index in [0.29, 0.717) is 18.1 Å². The first-order valence-corrected chi connectivity index (χ1v) is 10.4. The van der Waals surface area contributed by atoms with Crippen LogP contribution in [0.25, 0.3) is 0 Å². The van der Waals surface area contributed by atoms with Crippen LogP contribution in [0.15, 0.2) is 53.4 Å². The van der Waals surface area contributed by atoms with Crippen molar-refractivity contribution in [3.63, 3.8) is 0 Å². The fourth-order valence-corrected chi connectivity index (χ4v) is 3.63. The van der Waals surface area contributed by atoms with Gasteiger partial charge < -0.3 is 20.1 Å². The smallest absolute Gasteiger partial charge is 0.314 e. The maximum absolute atomic E-state index is 12.2. The molecule has 0 saturated heterocycles. The number of urea groups is 1. The average Bonchev–Trinajstić information content (AvgIpc) is 2.70. The summed E-state index contributed by atoms with van der Waals surface area (Å²) in [4.78, 5) is 12.1. The number of benzene rings is 2. The molecule has 0 radical (unpaired) electrons. The zero-order chi connectivity index (χ0) is 20.0. The number of hydrogen-bond acceptors (Lipinski definition) is 5. The minimum atomic E-state index is -3.59.